The predicted octanol–water partition coefficient (Wildman–Crippen LogP) is 4.38. The molecule has 1 rings (SSSR count). The third-order valence-electron chi connectivity index (χ3n) is 4.43. The lowest BCUT2D eigenvalue weighted by molar-refractivity contribution is 0.00433. The van der Waals surface area contributed by atoms with Crippen LogP contribution in [0, 0.1) is 10.8 Å². The van der Waals surface area contributed by atoms with E-state index in [1.807, 2.05) is 0 Å². The highest BCUT2D eigenvalue weighted by Crippen LogP contribution is 2.45. The van der Waals surface area contributed by atoms with Crippen molar-refractivity contribution in [2.75, 3.05) is 7.11 Å². The smallest absolute Gasteiger partial charge is 0.0637 e. The van der Waals surface area contributed by atoms with Crippen LogP contribution in [0.3, 0.4) is 0 Å². The second-order valence-corrected chi connectivity index (χ2v) is 8.85. The van der Waals surface area contributed by atoms with Gasteiger partial charge >= 0.3 is 0 Å². The van der Waals surface area contributed by atoms with Crippen molar-refractivity contribution in [2.24, 2.45) is 10.8 Å². The van der Waals surface area contributed by atoms with Crippen LogP contribution in [-0.2, 0) is 4.74 Å². The molecule has 1 N–H and O–H groups in total. The Labute approximate surface area is 120 Å². The minimum absolute atomic E-state index is 0.0356. The number of nitrogens with one attached hydrogen (secondary N) is 1. The van der Waals surface area contributed by atoms with E-state index < -0.39 is 0 Å². The molecule has 0 amide bonds. The normalized spacial score (nSPS) is 25.3. The first-order valence-electron chi connectivity index (χ1n) is 7.76. The van der Waals surface area contributed by atoms with Gasteiger partial charge < -0.3 is 10.1 Å². The molecule has 1 fully saturated rings. The Morgan fingerprint density at radius 1 is 1.16 bits per heavy atom. The van der Waals surface area contributed by atoms with Crippen LogP contribution in [0.2, 0.25) is 0 Å². The summed E-state index contributed by atoms with van der Waals surface area (Å²) in [6, 6.07) is 1.14. The van der Waals surface area contributed by atoms with E-state index in [0.29, 0.717) is 22.9 Å². The Kier molecular flexibility index (Phi) is 5.12. The molecule has 0 saturated heterocycles. The van der Waals surface area contributed by atoms with Crippen LogP contribution in [0.1, 0.15) is 74.1 Å². The number of hydrogen-bond donors (Lipinski definition) is 1. The molecule has 0 spiro atoms. The molecule has 0 aromatic carbocycles. The molecule has 0 heterocycles. The van der Waals surface area contributed by atoms with Crippen LogP contribution in [0.4, 0.5) is 0 Å². The minimum Gasteiger partial charge on any atom is -0.379 e. The first-order valence-corrected chi connectivity index (χ1v) is 7.76. The average Bonchev–Trinajstić information content (AvgIpc) is 2.10. The first-order chi connectivity index (χ1) is 8.45. The van der Waals surface area contributed by atoms with E-state index in [4.69, 9.17) is 4.74 Å². The van der Waals surface area contributed by atoms with Crippen LogP contribution in [-0.4, -0.2) is 24.8 Å². The zero-order valence-electron chi connectivity index (χ0n) is 14.4. The number of methoxy groups -OCH3 is 1. The summed E-state index contributed by atoms with van der Waals surface area (Å²) in [6.45, 7) is 16.3. The Morgan fingerprint density at radius 3 is 2.05 bits per heavy atom. The van der Waals surface area contributed by atoms with Crippen molar-refractivity contribution >= 4 is 0 Å². The molecule has 1 unspecified atom stereocenters. The molecular weight excluding hydrogens is 234 g/mol. The van der Waals surface area contributed by atoms with Gasteiger partial charge in [-0.15, -0.1) is 0 Å². The fourth-order valence-electron chi connectivity index (χ4n) is 4.25. The predicted molar refractivity (Wildman–Crippen MR) is 83.5 cm³/mol. The molecule has 0 radical (unpaired) electrons. The molecule has 19 heavy (non-hydrogen) atoms. The molecule has 0 aliphatic heterocycles. The van der Waals surface area contributed by atoms with Gasteiger partial charge in [0.05, 0.1) is 5.60 Å². The molecule has 0 aromatic heterocycles. The van der Waals surface area contributed by atoms with E-state index >= 15 is 0 Å². The molecule has 2 heteroatoms. The van der Waals surface area contributed by atoms with E-state index in [9.17, 15) is 0 Å². The highest BCUT2D eigenvalue weighted by molar-refractivity contribution is 4.93. The number of rotatable bonds is 5. The molecule has 114 valence electrons. The zero-order chi connectivity index (χ0) is 14.9. The molecule has 1 saturated carbocycles. The molecule has 0 aromatic rings. The van der Waals surface area contributed by atoms with Gasteiger partial charge in [0, 0.05) is 19.2 Å². The van der Waals surface area contributed by atoms with Crippen molar-refractivity contribution in [1.29, 1.82) is 0 Å². The van der Waals surface area contributed by atoms with Crippen molar-refractivity contribution < 1.29 is 4.74 Å². The SMILES string of the molecule is COC(C)(C)CC(C)NC1CC(C)(C)CC(C)(C)C1. The maximum absolute atomic E-state index is 5.54. The van der Waals surface area contributed by atoms with Gasteiger partial charge in [-0.3, -0.25) is 0 Å². The monoisotopic (exact) mass is 269 g/mol. The summed E-state index contributed by atoms with van der Waals surface area (Å²) in [5, 5.41) is 3.84. The van der Waals surface area contributed by atoms with Gasteiger partial charge in [0.1, 0.15) is 0 Å². The van der Waals surface area contributed by atoms with Gasteiger partial charge in [-0.05, 0) is 57.3 Å². The summed E-state index contributed by atoms with van der Waals surface area (Å²) < 4.78 is 5.54. The average molecular weight is 269 g/mol. The highest BCUT2D eigenvalue weighted by atomic mass is 16.5. The fraction of sp³-hybridized carbons (Fsp3) is 1.00. The third kappa shape index (κ3) is 5.83. The maximum atomic E-state index is 5.54. The van der Waals surface area contributed by atoms with Gasteiger partial charge in [0.25, 0.3) is 0 Å². The summed E-state index contributed by atoms with van der Waals surface area (Å²) in [5.41, 5.74) is 0.873. The molecule has 0 bridgehead atoms. The third-order valence-corrected chi connectivity index (χ3v) is 4.43. The molecular formula is C17H35NO. The van der Waals surface area contributed by atoms with Crippen LogP contribution in [0.15, 0.2) is 0 Å². The van der Waals surface area contributed by atoms with E-state index in [1.165, 1.54) is 19.3 Å². The van der Waals surface area contributed by atoms with Gasteiger partial charge in [-0.2, -0.15) is 0 Å². The Morgan fingerprint density at radius 2 is 1.63 bits per heavy atom. The van der Waals surface area contributed by atoms with Crippen molar-refractivity contribution in [3.8, 4) is 0 Å². The summed E-state index contributed by atoms with van der Waals surface area (Å²) >= 11 is 0. The van der Waals surface area contributed by atoms with Crippen molar-refractivity contribution in [3.63, 3.8) is 0 Å². The van der Waals surface area contributed by atoms with Gasteiger partial charge in [0.2, 0.25) is 0 Å². The van der Waals surface area contributed by atoms with Crippen LogP contribution in [0.5, 0.6) is 0 Å². The Balaban J connectivity index is 2.57. The Hall–Kier alpha value is -0.0800. The summed E-state index contributed by atoms with van der Waals surface area (Å²) in [5.74, 6) is 0. The largest absolute Gasteiger partial charge is 0.379 e. The van der Waals surface area contributed by atoms with Crippen molar-refractivity contribution in [2.45, 2.75) is 91.8 Å². The van der Waals surface area contributed by atoms with E-state index in [1.54, 1.807) is 7.11 Å². The van der Waals surface area contributed by atoms with Crippen LogP contribution >= 0.6 is 0 Å². The maximum Gasteiger partial charge on any atom is 0.0637 e. The molecule has 1 atom stereocenters. The Bertz CT molecular complexity index is 278. The summed E-state index contributed by atoms with van der Waals surface area (Å²) in [4.78, 5) is 0. The zero-order valence-corrected chi connectivity index (χ0v) is 14.4. The molecule has 1 aliphatic rings. The summed E-state index contributed by atoms with van der Waals surface area (Å²) in [7, 11) is 1.81. The minimum atomic E-state index is -0.0356. The lowest BCUT2D eigenvalue weighted by Gasteiger charge is -2.46. The second kappa shape index (κ2) is 5.73. The highest BCUT2D eigenvalue weighted by Gasteiger charge is 2.38. The van der Waals surface area contributed by atoms with Crippen molar-refractivity contribution in [1.82, 2.24) is 5.32 Å². The quantitative estimate of drug-likeness (QED) is 0.799. The molecule has 1 aliphatic carbocycles. The van der Waals surface area contributed by atoms with Crippen LogP contribution in [0.25, 0.3) is 0 Å². The lowest BCUT2D eigenvalue weighted by atomic mass is 9.63. The van der Waals surface area contributed by atoms with Gasteiger partial charge in [-0.25, -0.2) is 0 Å². The topological polar surface area (TPSA) is 21.3 Å². The van der Waals surface area contributed by atoms with E-state index in [2.05, 4.69) is 53.8 Å². The fourth-order valence-corrected chi connectivity index (χ4v) is 4.25. The van der Waals surface area contributed by atoms with Crippen LogP contribution < -0.4 is 5.32 Å². The first kappa shape index (κ1) is 17.0. The van der Waals surface area contributed by atoms with E-state index in [0.717, 1.165) is 6.42 Å². The summed E-state index contributed by atoms with van der Waals surface area (Å²) in [6.07, 6.45) is 4.96. The van der Waals surface area contributed by atoms with Gasteiger partial charge in [-0.1, -0.05) is 27.7 Å². The standard InChI is InChI=1S/C17H35NO/c1-13(9-17(6,7)19-8)18-14-10-15(2,3)12-16(4,5)11-14/h13-14,18H,9-12H2,1-8H3. The van der Waals surface area contributed by atoms with Crippen molar-refractivity contribution in [3.05, 3.63) is 0 Å². The number of hydrogen-bond acceptors (Lipinski definition) is 2. The lowest BCUT2D eigenvalue weighted by Crippen LogP contribution is -2.48. The number of ether oxygens (including phenoxy) is 1. The van der Waals surface area contributed by atoms with E-state index in [-0.39, 0.29) is 5.60 Å². The second-order valence-electron chi connectivity index (χ2n) is 8.85. The van der Waals surface area contributed by atoms with Gasteiger partial charge in [0.15, 0.2) is 0 Å². The molecule has 2 nitrogen and oxygen atoms in total.